The standard InChI is InChI=1S/C15H23N3O/c19-15(13-8-12(13)14-9-16-10-18-14)17-7-6-11-4-2-1-3-5-11/h9-13H,1-8H2,(H,16,18)(H,17,19)/t12-,13?/m1/s1. The van der Waals surface area contributed by atoms with E-state index in [1.165, 1.54) is 32.1 Å². The largest absolute Gasteiger partial charge is 0.356 e. The van der Waals surface area contributed by atoms with Crippen molar-refractivity contribution in [3.63, 3.8) is 0 Å². The minimum atomic E-state index is 0.173. The van der Waals surface area contributed by atoms with Gasteiger partial charge in [0.2, 0.25) is 5.91 Å². The van der Waals surface area contributed by atoms with Crippen LogP contribution in [0.15, 0.2) is 12.5 Å². The van der Waals surface area contributed by atoms with E-state index in [-0.39, 0.29) is 11.8 Å². The molecule has 2 aliphatic carbocycles. The molecule has 0 bridgehead atoms. The Morgan fingerprint density at radius 1 is 1.37 bits per heavy atom. The molecular weight excluding hydrogens is 238 g/mol. The Labute approximate surface area is 114 Å². The zero-order valence-corrected chi connectivity index (χ0v) is 11.4. The second-order valence-corrected chi connectivity index (χ2v) is 6.04. The molecule has 2 atom stereocenters. The van der Waals surface area contributed by atoms with Crippen molar-refractivity contribution in [2.45, 2.75) is 50.9 Å². The third kappa shape index (κ3) is 3.17. The average molecular weight is 261 g/mol. The van der Waals surface area contributed by atoms with Crippen molar-refractivity contribution < 1.29 is 4.79 Å². The van der Waals surface area contributed by atoms with Crippen LogP contribution in [0.5, 0.6) is 0 Å². The molecule has 4 heteroatoms. The van der Waals surface area contributed by atoms with Gasteiger partial charge in [-0.1, -0.05) is 32.1 Å². The first-order valence-electron chi connectivity index (χ1n) is 7.60. The van der Waals surface area contributed by atoms with E-state index in [0.29, 0.717) is 5.92 Å². The molecule has 3 rings (SSSR count). The zero-order chi connectivity index (χ0) is 13.1. The highest BCUT2D eigenvalue weighted by Gasteiger charge is 2.44. The van der Waals surface area contributed by atoms with Crippen LogP contribution < -0.4 is 5.32 Å². The molecule has 2 N–H and O–H groups in total. The van der Waals surface area contributed by atoms with Crippen LogP contribution >= 0.6 is 0 Å². The number of hydrogen-bond donors (Lipinski definition) is 2. The van der Waals surface area contributed by atoms with E-state index in [2.05, 4.69) is 15.3 Å². The lowest BCUT2D eigenvalue weighted by atomic mass is 9.87. The summed E-state index contributed by atoms with van der Waals surface area (Å²) >= 11 is 0. The fourth-order valence-electron chi connectivity index (χ4n) is 3.30. The van der Waals surface area contributed by atoms with Crippen molar-refractivity contribution in [3.05, 3.63) is 18.2 Å². The Hall–Kier alpha value is -1.32. The summed E-state index contributed by atoms with van der Waals surface area (Å²) in [5, 5.41) is 3.11. The number of nitrogens with zero attached hydrogens (tertiary/aromatic N) is 1. The van der Waals surface area contributed by atoms with E-state index in [9.17, 15) is 4.79 Å². The number of carbonyl (C=O) groups is 1. The van der Waals surface area contributed by atoms with E-state index in [1.807, 2.05) is 6.20 Å². The zero-order valence-electron chi connectivity index (χ0n) is 11.4. The van der Waals surface area contributed by atoms with Gasteiger partial charge in [0.25, 0.3) is 0 Å². The average Bonchev–Trinajstić information content (AvgIpc) is 3.06. The summed E-state index contributed by atoms with van der Waals surface area (Å²) in [4.78, 5) is 19.1. The number of hydrogen-bond acceptors (Lipinski definition) is 2. The summed E-state index contributed by atoms with van der Waals surface area (Å²) in [6, 6.07) is 0. The van der Waals surface area contributed by atoms with Gasteiger partial charge >= 0.3 is 0 Å². The molecule has 1 heterocycles. The van der Waals surface area contributed by atoms with Gasteiger partial charge in [0.05, 0.1) is 6.33 Å². The highest BCUT2D eigenvalue weighted by molar-refractivity contribution is 5.82. The topological polar surface area (TPSA) is 57.8 Å². The lowest BCUT2D eigenvalue weighted by Gasteiger charge is -2.21. The summed E-state index contributed by atoms with van der Waals surface area (Å²) in [5.41, 5.74) is 1.10. The van der Waals surface area contributed by atoms with Crippen LogP contribution in [0.25, 0.3) is 0 Å². The van der Waals surface area contributed by atoms with Crippen LogP contribution in [0.3, 0.4) is 0 Å². The van der Waals surface area contributed by atoms with Gasteiger partial charge in [-0.2, -0.15) is 0 Å². The predicted octanol–water partition coefficient (Wildman–Crippen LogP) is 2.60. The summed E-state index contributed by atoms with van der Waals surface area (Å²) < 4.78 is 0. The van der Waals surface area contributed by atoms with Crippen molar-refractivity contribution >= 4 is 5.91 Å². The van der Waals surface area contributed by atoms with Crippen LogP contribution in [-0.4, -0.2) is 22.4 Å². The number of carbonyl (C=O) groups excluding carboxylic acids is 1. The molecule has 0 aromatic carbocycles. The molecule has 1 aromatic rings. The number of nitrogens with one attached hydrogen (secondary N) is 2. The fourth-order valence-corrected chi connectivity index (χ4v) is 3.30. The van der Waals surface area contributed by atoms with Gasteiger partial charge in [0.1, 0.15) is 0 Å². The van der Waals surface area contributed by atoms with Gasteiger partial charge in [-0.15, -0.1) is 0 Å². The van der Waals surface area contributed by atoms with Gasteiger partial charge in [0, 0.05) is 30.3 Å². The maximum atomic E-state index is 12.0. The minimum absolute atomic E-state index is 0.173. The summed E-state index contributed by atoms with van der Waals surface area (Å²) in [7, 11) is 0. The van der Waals surface area contributed by atoms with Crippen LogP contribution in [0.2, 0.25) is 0 Å². The molecule has 104 valence electrons. The fraction of sp³-hybridized carbons (Fsp3) is 0.733. The summed E-state index contributed by atoms with van der Waals surface area (Å²) in [5.74, 6) is 1.62. The van der Waals surface area contributed by atoms with Crippen molar-refractivity contribution in [1.82, 2.24) is 15.3 Å². The number of rotatable bonds is 5. The Balaban J connectivity index is 1.36. The Morgan fingerprint density at radius 3 is 2.95 bits per heavy atom. The van der Waals surface area contributed by atoms with Gasteiger partial charge in [-0.25, -0.2) is 4.98 Å². The Kier molecular flexibility index (Phi) is 3.85. The monoisotopic (exact) mass is 261 g/mol. The molecule has 2 aliphatic rings. The number of H-pyrrole nitrogens is 1. The second kappa shape index (κ2) is 5.76. The van der Waals surface area contributed by atoms with E-state index < -0.39 is 0 Å². The van der Waals surface area contributed by atoms with Gasteiger partial charge in [-0.05, 0) is 18.8 Å². The number of aromatic amines is 1. The maximum Gasteiger partial charge on any atom is 0.223 e. The van der Waals surface area contributed by atoms with Crippen LogP contribution in [-0.2, 0) is 4.79 Å². The normalized spacial score (nSPS) is 27.2. The van der Waals surface area contributed by atoms with Crippen molar-refractivity contribution in [2.75, 3.05) is 6.54 Å². The highest BCUT2D eigenvalue weighted by Crippen LogP contribution is 2.46. The maximum absolute atomic E-state index is 12.0. The third-order valence-corrected chi connectivity index (χ3v) is 4.62. The first-order valence-corrected chi connectivity index (χ1v) is 7.60. The van der Waals surface area contributed by atoms with Crippen LogP contribution in [0, 0.1) is 11.8 Å². The molecule has 0 radical (unpaired) electrons. The molecular formula is C15H23N3O. The van der Waals surface area contributed by atoms with Crippen molar-refractivity contribution in [2.24, 2.45) is 11.8 Å². The van der Waals surface area contributed by atoms with E-state index in [0.717, 1.165) is 31.0 Å². The molecule has 4 nitrogen and oxygen atoms in total. The molecule has 19 heavy (non-hydrogen) atoms. The smallest absolute Gasteiger partial charge is 0.223 e. The van der Waals surface area contributed by atoms with Crippen molar-refractivity contribution in [1.29, 1.82) is 0 Å². The molecule has 0 spiro atoms. The lowest BCUT2D eigenvalue weighted by Crippen LogP contribution is -2.28. The first-order chi connectivity index (χ1) is 9.34. The second-order valence-electron chi connectivity index (χ2n) is 6.04. The summed E-state index contributed by atoms with van der Waals surface area (Å²) in [6.07, 6.45) is 12.5. The SMILES string of the molecule is O=C(NCCC1CCCCC1)C1C[C@H]1c1cnc[nH]1. The number of amides is 1. The quantitative estimate of drug-likeness (QED) is 0.856. The number of aromatic nitrogens is 2. The highest BCUT2D eigenvalue weighted by atomic mass is 16.2. The number of imidazole rings is 1. The molecule has 2 saturated carbocycles. The van der Waals surface area contributed by atoms with E-state index in [1.54, 1.807) is 6.33 Å². The van der Waals surface area contributed by atoms with Crippen LogP contribution in [0.1, 0.15) is 56.6 Å². The Bertz CT molecular complexity index is 409. The molecule has 2 fully saturated rings. The summed E-state index contributed by atoms with van der Waals surface area (Å²) in [6.45, 7) is 0.857. The molecule has 1 aromatic heterocycles. The van der Waals surface area contributed by atoms with Gasteiger partial charge in [0.15, 0.2) is 0 Å². The lowest BCUT2D eigenvalue weighted by molar-refractivity contribution is -0.122. The molecule has 0 aliphatic heterocycles. The third-order valence-electron chi connectivity index (χ3n) is 4.62. The van der Waals surface area contributed by atoms with Crippen LogP contribution in [0.4, 0.5) is 0 Å². The molecule has 1 unspecified atom stereocenters. The predicted molar refractivity (Wildman–Crippen MR) is 73.6 cm³/mol. The van der Waals surface area contributed by atoms with E-state index in [4.69, 9.17) is 0 Å². The molecule has 0 saturated heterocycles. The first kappa shape index (κ1) is 12.7. The molecule has 1 amide bonds. The van der Waals surface area contributed by atoms with Gasteiger partial charge in [-0.3, -0.25) is 4.79 Å². The van der Waals surface area contributed by atoms with Gasteiger partial charge < -0.3 is 10.3 Å². The Morgan fingerprint density at radius 2 is 2.21 bits per heavy atom. The minimum Gasteiger partial charge on any atom is -0.356 e. The van der Waals surface area contributed by atoms with E-state index >= 15 is 0 Å². The van der Waals surface area contributed by atoms with Crippen molar-refractivity contribution in [3.8, 4) is 0 Å².